The van der Waals surface area contributed by atoms with Crippen LogP contribution in [0.1, 0.15) is 75.0 Å². The second-order valence-corrected chi connectivity index (χ2v) is 10.4. The smallest absolute Gasteiger partial charge is 0.414 e. The van der Waals surface area contributed by atoms with E-state index in [2.05, 4.69) is 16.6 Å². The number of carbonyl (C=O) groups is 2. The average Bonchev–Trinajstić information content (AvgIpc) is 3.46. The Kier molecular flexibility index (Phi) is 6.49. The number of ether oxygens (including phenoxy) is 1. The highest BCUT2D eigenvalue weighted by Gasteiger charge is 2.35. The van der Waals surface area contributed by atoms with Crippen LogP contribution < -0.4 is 4.90 Å². The van der Waals surface area contributed by atoms with E-state index in [1.54, 1.807) is 4.90 Å². The number of hydrogen-bond acceptors (Lipinski definition) is 5. The Morgan fingerprint density at radius 2 is 2.03 bits per heavy atom. The molecule has 2 aliphatic rings. The average molecular weight is 494 g/mol. The summed E-state index contributed by atoms with van der Waals surface area (Å²) in [6, 6.07) is 6.16. The molecule has 1 aliphatic heterocycles. The number of aromatic nitrogens is 4. The molecule has 1 N–H and O–H groups in total. The molecular formula is C27H35N5O4. The van der Waals surface area contributed by atoms with Gasteiger partial charge in [0.2, 0.25) is 0 Å². The van der Waals surface area contributed by atoms with E-state index in [1.807, 2.05) is 42.9 Å². The molecule has 0 bridgehead atoms. The molecule has 1 aliphatic carbocycles. The zero-order valence-electron chi connectivity index (χ0n) is 21.5. The van der Waals surface area contributed by atoms with Gasteiger partial charge in [0.15, 0.2) is 0 Å². The van der Waals surface area contributed by atoms with Gasteiger partial charge >= 0.3 is 12.1 Å². The fourth-order valence-corrected chi connectivity index (χ4v) is 6.07. The SMILES string of the molecule is COC(=O)N1c2ccc3c(nc(C(C)Cn4ccc(C)n4)n3[C@@H]3CCC[C@@H](C(=O)O)C3)c2CC[C@@H]1C. The number of fused-ring (bicyclic) bond motifs is 3. The van der Waals surface area contributed by atoms with Crippen LogP contribution in [0.25, 0.3) is 11.0 Å². The van der Waals surface area contributed by atoms with E-state index in [0.29, 0.717) is 13.0 Å². The Hall–Kier alpha value is -3.36. The highest BCUT2D eigenvalue weighted by atomic mass is 16.5. The number of carboxylic acid groups (broad SMARTS) is 1. The third kappa shape index (κ3) is 4.24. The molecule has 3 heterocycles. The number of imidazole rings is 1. The lowest BCUT2D eigenvalue weighted by atomic mass is 9.85. The van der Waals surface area contributed by atoms with Crippen LogP contribution in [0.3, 0.4) is 0 Å². The first-order valence-corrected chi connectivity index (χ1v) is 12.9. The number of benzene rings is 1. The Morgan fingerprint density at radius 3 is 2.72 bits per heavy atom. The Bertz CT molecular complexity index is 1290. The molecule has 4 atom stereocenters. The van der Waals surface area contributed by atoms with E-state index in [-0.39, 0.29) is 30.0 Å². The summed E-state index contributed by atoms with van der Waals surface area (Å²) in [5.74, 6) is -0.0418. The third-order valence-electron chi connectivity index (χ3n) is 7.89. The molecule has 36 heavy (non-hydrogen) atoms. The molecule has 3 aromatic rings. The first kappa shape index (κ1) is 24.3. The number of hydrogen-bond donors (Lipinski definition) is 1. The molecule has 1 saturated carbocycles. The van der Waals surface area contributed by atoms with Crippen molar-refractivity contribution >= 4 is 28.8 Å². The van der Waals surface area contributed by atoms with Gasteiger partial charge < -0.3 is 14.4 Å². The fourth-order valence-electron chi connectivity index (χ4n) is 6.07. The molecule has 0 spiro atoms. The van der Waals surface area contributed by atoms with E-state index in [4.69, 9.17) is 9.72 Å². The lowest BCUT2D eigenvalue weighted by Gasteiger charge is -2.34. The van der Waals surface area contributed by atoms with Gasteiger partial charge in [0, 0.05) is 29.8 Å². The molecule has 0 radical (unpaired) electrons. The van der Waals surface area contributed by atoms with E-state index in [1.165, 1.54) is 7.11 Å². The summed E-state index contributed by atoms with van der Waals surface area (Å²) < 4.78 is 9.33. The molecule has 1 fully saturated rings. The van der Waals surface area contributed by atoms with Crippen molar-refractivity contribution in [1.29, 1.82) is 0 Å². The van der Waals surface area contributed by atoms with Crippen molar-refractivity contribution < 1.29 is 19.4 Å². The van der Waals surface area contributed by atoms with Crippen LogP contribution >= 0.6 is 0 Å². The minimum atomic E-state index is -0.717. The molecule has 9 nitrogen and oxygen atoms in total. The van der Waals surface area contributed by atoms with Crippen LogP contribution in [0, 0.1) is 12.8 Å². The lowest BCUT2D eigenvalue weighted by Crippen LogP contribution is -2.42. The molecule has 0 saturated heterocycles. The number of methoxy groups -OCH3 is 1. The van der Waals surface area contributed by atoms with Crippen molar-refractivity contribution in [3.05, 3.63) is 41.5 Å². The minimum absolute atomic E-state index is 0.0422. The molecule has 9 heteroatoms. The third-order valence-corrected chi connectivity index (χ3v) is 7.89. The fraction of sp³-hybridized carbons (Fsp3) is 0.556. The van der Waals surface area contributed by atoms with Gasteiger partial charge in [0.1, 0.15) is 5.82 Å². The Morgan fingerprint density at radius 1 is 1.22 bits per heavy atom. The summed E-state index contributed by atoms with van der Waals surface area (Å²) in [5, 5.41) is 14.3. The van der Waals surface area contributed by atoms with Gasteiger partial charge in [-0.15, -0.1) is 0 Å². The molecule has 1 amide bonds. The maximum atomic E-state index is 12.6. The van der Waals surface area contributed by atoms with Crippen LogP contribution in [0.2, 0.25) is 0 Å². The number of nitrogens with zero attached hydrogens (tertiary/aromatic N) is 5. The van der Waals surface area contributed by atoms with E-state index in [0.717, 1.165) is 65.9 Å². The van der Waals surface area contributed by atoms with Gasteiger partial charge in [-0.05, 0) is 64.2 Å². The number of amides is 1. The van der Waals surface area contributed by atoms with Gasteiger partial charge in [-0.1, -0.05) is 13.3 Å². The maximum Gasteiger partial charge on any atom is 0.414 e. The van der Waals surface area contributed by atoms with Crippen LogP contribution in [0.15, 0.2) is 24.4 Å². The Balaban J connectivity index is 1.64. The van der Waals surface area contributed by atoms with Crippen molar-refractivity contribution in [2.24, 2.45) is 5.92 Å². The molecule has 2 aromatic heterocycles. The molecule has 1 unspecified atom stereocenters. The van der Waals surface area contributed by atoms with E-state index >= 15 is 0 Å². The predicted molar refractivity (Wildman–Crippen MR) is 136 cm³/mol. The highest BCUT2D eigenvalue weighted by Crippen LogP contribution is 2.41. The minimum Gasteiger partial charge on any atom is -0.481 e. The summed E-state index contributed by atoms with van der Waals surface area (Å²) in [6.07, 6.45) is 6.41. The van der Waals surface area contributed by atoms with Gasteiger partial charge in [-0.25, -0.2) is 9.78 Å². The topological polar surface area (TPSA) is 102 Å². The van der Waals surface area contributed by atoms with E-state index < -0.39 is 5.97 Å². The zero-order valence-corrected chi connectivity index (χ0v) is 21.5. The maximum absolute atomic E-state index is 12.6. The number of aryl methyl sites for hydroxylation is 2. The number of carboxylic acids is 1. The second kappa shape index (κ2) is 9.59. The molecule has 192 valence electrons. The summed E-state index contributed by atoms with van der Waals surface area (Å²) >= 11 is 0. The second-order valence-electron chi connectivity index (χ2n) is 10.4. The Labute approximate surface area is 211 Å². The van der Waals surface area contributed by atoms with Crippen LogP contribution in [-0.4, -0.2) is 49.7 Å². The molecule has 5 rings (SSSR count). The normalized spacial score (nSPS) is 22.9. The van der Waals surface area contributed by atoms with Gasteiger partial charge in [-0.2, -0.15) is 5.10 Å². The summed E-state index contributed by atoms with van der Waals surface area (Å²) in [4.78, 5) is 31.4. The van der Waals surface area contributed by atoms with Crippen LogP contribution in [0.5, 0.6) is 0 Å². The van der Waals surface area contributed by atoms with Crippen molar-refractivity contribution in [3.8, 4) is 0 Å². The number of rotatable bonds is 5. The van der Waals surface area contributed by atoms with Crippen molar-refractivity contribution in [3.63, 3.8) is 0 Å². The quantitative estimate of drug-likeness (QED) is 0.532. The molecular weight excluding hydrogens is 458 g/mol. The lowest BCUT2D eigenvalue weighted by molar-refractivity contribution is -0.143. The van der Waals surface area contributed by atoms with Crippen molar-refractivity contribution in [2.45, 2.75) is 83.8 Å². The highest BCUT2D eigenvalue weighted by molar-refractivity contribution is 5.95. The first-order valence-electron chi connectivity index (χ1n) is 12.9. The summed E-state index contributed by atoms with van der Waals surface area (Å²) in [7, 11) is 1.41. The monoisotopic (exact) mass is 493 g/mol. The van der Waals surface area contributed by atoms with Crippen LogP contribution in [0.4, 0.5) is 10.5 Å². The summed E-state index contributed by atoms with van der Waals surface area (Å²) in [5.41, 5.74) is 4.81. The van der Waals surface area contributed by atoms with Gasteiger partial charge in [-0.3, -0.25) is 14.4 Å². The first-order chi connectivity index (χ1) is 17.3. The van der Waals surface area contributed by atoms with Gasteiger partial charge in [0.25, 0.3) is 0 Å². The van der Waals surface area contributed by atoms with E-state index in [9.17, 15) is 14.7 Å². The predicted octanol–water partition coefficient (Wildman–Crippen LogP) is 5.07. The number of aliphatic carboxylic acids is 1. The standard InChI is InChI=1S/C27H35N5O4/c1-16(15-30-13-12-17(2)29-30)25-28-24-21-9-8-18(3)31(27(35)36-4)22(21)10-11-23(24)32(25)20-7-5-6-19(14-20)26(33)34/h10-13,16,18-20H,5-9,14-15H2,1-4H3,(H,33,34)/t16?,18-,19+,20+/m0/s1. The zero-order chi connectivity index (χ0) is 25.6. The molecule has 1 aromatic carbocycles. The largest absolute Gasteiger partial charge is 0.481 e. The number of anilines is 1. The van der Waals surface area contributed by atoms with Gasteiger partial charge in [0.05, 0.1) is 42.0 Å². The van der Waals surface area contributed by atoms with Crippen molar-refractivity contribution in [1.82, 2.24) is 19.3 Å². The number of carbonyl (C=O) groups excluding carboxylic acids is 1. The van der Waals surface area contributed by atoms with Crippen LogP contribution in [-0.2, 0) is 22.5 Å². The van der Waals surface area contributed by atoms with Crippen molar-refractivity contribution in [2.75, 3.05) is 12.0 Å². The summed E-state index contributed by atoms with van der Waals surface area (Å²) in [6.45, 7) is 6.85.